The highest BCUT2D eigenvalue weighted by molar-refractivity contribution is 9.10. The van der Waals surface area contributed by atoms with Gasteiger partial charge in [-0.2, -0.15) is 5.10 Å². The first kappa shape index (κ1) is 14.0. The molecule has 1 heterocycles. The maximum atomic E-state index is 13.5. The predicted octanol–water partition coefficient (Wildman–Crippen LogP) is 3.68. The van der Waals surface area contributed by atoms with Gasteiger partial charge >= 0.3 is 0 Å². The van der Waals surface area contributed by atoms with Crippen LogP contribution in [-0.2, 0) is 6.54 Å². The van der Waals surface area contributed by atoms with Crippen LogP contribution < -0.4 is 5.32 Å². The first-order chi connectivity index (χ1) is 8.99. The third kappa shape index (κ3) is 3.12. The summed E-state index contributed by atoms with van der Waals surface area (Å²) in [5.41, 5.74) is 1.74. The van der Waals surface area contributed by atoms with Gasteiger partial charge < -0.3 is 5.32 Å². The number of aryl methyl sites for hydroxylation is 1. The van der Waals surface area contributed by atoms with Crippen molar-refractivity contribution in [2.75, 3.05) is 5.32 Å². The molecule has 0 atom stereocenters. The lowest BCUT2D eigenvalue weighted by Crippen LogP contribution is -2.12. The molecular formula is C13H16BrFN4. The topological polar surface area (TPSA) is 42.7 Å². The van der Waals surface area contributed by atoms with E-state index < -0.39 is 0 Å². The van der Waals surface area contributed by atoms with Gasteiger partial charge in [0.15, 0.2) is 0 Å². The lowest BCUT2D eigenvalue weighted by Gasteiger charge is -2.12. The molecule has 1 aromatic heterocycles. The van der Waals surface area contributed by atoms with Crippen LogP contribution in [0.15, 0.2) is 22.9 Å². The molecule has 0 radical (unpaired) electrons. The van der Waals surface area contributed by atoms with Crippen molar-refractivity contribution in [1.29, 1.82) is 0 Å². The highest BCUT2D eigenvalue weighted by Gasteiger charge is 2.09. The average Bonchev–Trinajstić information content (AvgIpc) is 2.80. The van der Waals surface area contributed by atoms with Gasteiger partial charge in [0.25, 0.3) is 0 Å². The van der Waals surface area contributed by atoms with E-state index >= 15 is 0 Å². The molecule has 0 aliphatic carbocycles. The molecule has 102 valence electrons. The Balaban J connectivity index is 2.15. The second-order valence-corrected chi connectivity index (χ2v) is 5.50. The minimum Gasteiger partial charge on any atom is -0.377 e. The molecule has 0 spiro atoms. The normalized spacial score (nSPS) is 11.1. The van der Waals surface area contributed by atoms with Crippen molar-refractivity contribution in [3.05, 3.63) is 40.1 Å². The molecule has 0 saturated heterocycles. The number of rotatable bonds is 4. The molecule has 4 nitrogen and oxygen atoms in total. The van der Waals surface area contributed by atoms with Crippen molar-refractivity contribution in [2.24, 2.45) is 0 Å². The summed E-state index contributed by atoms with van der Waals surface area (Å²) in [6.45, 7) is 6.53. The van der Waals surface area contributed by atoms with Crippen LogP contribution in [-0.4, -0.2) is 14.8 Å². The third-order valence-electron chi connectivity index (χ3n) is 2.84. The van der Waals surface area contributed by atoms with Gasteiger partial charge in [0.05, 0.1) is 11.0 Å². The van der Waals surface area contributed by atoms with Gasteiger partial charge in [-0.25, -0.2) is 14.1 Å². The standard InChI is InChI=1S/C13H16BrFN4/c1-8(2)19-13(17-7-18-19)6-16-12-5-11(15)10(14)4-9(12)3/h4-5,7-8,16H,6H2,1-3H3. The van der Waals surface area contributed by atoms with Gasteiger partial charge in [0, 0.05) is 11.7 Å². The SMILES string of the molecule is Cc1cc(Br)c(F)cc1NCc1ncnn1C(C)C. The first-order valence-corrected chi connectivity index (χ1v) is 6.86. The molecule has 1 N–H and O–H groups in total. The van der Waals surface area contributed by atoms with Crippen molar-refractivity contribution in [1.82, 2.24) is 14.8 Å². The second-order valence-electron chi connectivity index (χ2n) is 4.65. The molecule has 1 aromatic carbocycles. The van der Waals surface area contributed by atoms with Gasteiger partial charge in [0.1, 0.15) is 18.0 Å². The molecule has 0 aliphatic rings. The van der Waals surface area contributed by atoms with E-state index in [2.05, 4.69) is 31.3 Å². The van der Waals surface area contributed by atoms with Crippen LogP contribution in [0, 0.1) is 12.7 Å². The summed E-state index contributed by atoms with van der Waals surface area (Å²) < 4.78 is 15.8. The second kappa shape index (κ2) is 5.69. The summed E-state index contributed by atoms with van der Waals surface area (Å²) >= 11 is 3.17. The van der Waals surface area contributed by atoms with Gasteiger partial charge in [-0.1, -0.05) is 0 Å². The summed E-state index contributed by atoms with van der Waals surface area (Å²) in [6, 6.07) is 3.49. The van der Waals surface area contributed by atoms with E-state index in [0.29, 0.717) is 11.0 Å². The van der Waals surface area contributed by atoms with E-state index in [4.69, 9.17) is 0 Å². The molecule has 0 saturated carbocycles. The molecule has 2 aromatic rings. The van der Waals surface area contributed by atoms with E-state index in [1.165, 1.54) is 12.4 Å². The third-order valence-corrected chi connectivity index (χ3v) is 3.45. The Morgan fingerprint density at radius 3 is 2.84 bits per heavy atom. The van der Waals surface area contributed by atoms with Crippen LogP contribution in [0.1, 0.15) is 31.3 Å². The zero-order valence-corrected chi connectivity index (χ0v) is 12.7. The van der Waals surface area contributed by atoms with E-state index in [1.807, 2.05) is 25.5 Å². The van der Waals surface area contributed by atoms with Gasteiger partial charge in [-0.15, -0.1) is 0 Å². The molecule has 6 heteroatoms. The number of aromatic nitrogens is 3. The van der Waals surface area contributed by atoms with E-state index in [0.717, 1.165) is 17.1 Å². The minimum absolute atomic E-state index is 0.252. The molecular weight excluding hydrogens is 311 g/mol. The first-order valence-electron chi connectivity index (χ1n) is 6.07. The smallest absolute Gasteiger partial charge is 0.146 e. The van der Waals surface area contributed by atoms with Crippen LogP contribution >= 0.6 is 15.9 Å². The summed E-state index contributed by atoms with van der Waals surface area (Å²) in [5.74, 6) is 0.552. The van der Waals surface area contributed by atoms with E-state index in [1.54, 1.807) is 6.07 Å². The Kier molecular flexibility index (Phi) is 4.19. The fourth-order valence-electron chi connectivity index (χ4n) is 1.84. The van der Waals surface area contributed by atoms with Crippen molar-refractivity contribution < 1.29 is 4.39 Å². The number of benzene rings is 1. The monoisotopic (exact) mass is 326 g/mol. The molecule has 0 aliphatic heterocycles. The van der Waals surface area contributed by atoms with Crippen molar-refractivity contribution in [3.63, 3.8) is 0 Å². The average molecular weight is 327 g/mol. The van der Waals surface area contributed by atoms with Crippen LogP contribution in [0.3, 0.4) is 0 Å². The fraction of sp³-hybridized carbons (Fsp3) is 0.385. The Bertz CT molecular complexity index is 580. The number of hydrogen-bond acceptors (Lipinski definition) is 3. The quantitative estimate of drug-likeness (QED) is 0.931. The number of nitrogens with one attached hydrogen (secondary N) is 1. The molecule has 19 heavy (non-hydrogen) atoms. The number of halogens is 2. The van der Waals surface area contributed by atoms with Crippen LogP contribution in [0.2, 0.25) is 0 Å². The number of anilines is 1. The number of hydrogen-bond donors (Lipinski definition) is 1. The fourth-order valence-corrected chi connectivity index (χ4v) is 2.30. The lowest BCUT2D eigenvalue weighted by molar-refractivity contribution is 0.509. The van der Waals surface area contributed by atoms with Crippen molar-refractivity contribution >= 4 is 21.6 Å². The van der Waals surface area contributed by atoms with E-state index in [-0.39, 0.29) is 11.9 Å². The minimum atomic E-state index is -0.279. The van der Waals surface area contributed by atoms with Crippen LogP contribution in [0.4, 0.5) is 10.1 Å². The maximum absolute atomic E-state index is 13.5. The van der Waals surface area contributed by atoms with Gasteiger partial charge in [-0.3, -0.25) is 0 Å². The van der Waals surface area contributed by atoms with Crippen LogP contribution in [0.5, 0.6) is 0 Å². The highest BCUT2D eigenvalue weighted by Crippen LogP contribution is 2.24. The van der Waals surface area contributed by atoms with Gasteiger partial charge in [-0.05, 0) is 54.4 Å². The molecule has 0 amide bonds. The molecule has 0 bridgehead atoms. The zero-order chi connectivity index (χ0) is 14.0. The van der Waals surface area contributed by atoms with Crippen molar-refractivity contribution in [2.45, 2.75) is 33.4 Å². The lowest BCUT2D eigenvalue weighted by atomic mass is 10.2. The largest absolute Gasteiger partial charge is 0.377 e. The van der Waals surface area contributed by atoms with E-state index in [9.17, 15) is 4.39 Å². The Morgan fingerprint density at radius 2 is 2.16 bits per heavy atom. The molecule has 0 fully saturated rings. The molecule has 0 unspecified atom stereocenters. The highest BCUT2D eigenvalue weighted by atomic mass is 79.9. The van der Waals surface area contributed by atoms with Crippen molar-refractivity contribution in [3.8, 4) is 0 Å². The maximum Gasteiger partial charge on any atom is 0.146 e. The van der Waals surface area contributed by atoms with Crippen LogP contribution in [0.25, 0.3) is 0 Å². The Morgan fingerprint density at radius 1 is 1.42 bits per heavy atom. The number of nitrogens with zero attached hydrogens (tertiary/aromatic N) is 3. The zero-order valence-electron chi connectivity index (χ0n) is 11.1. The predicted molar refractivity (Wildman–Crippen MR) is 76.6 cm³/mol. The summed E-state index contributed by atoms with van der Waals surface area (Å²) in [4.78, 5) is 4.21. The molecule has 2 rings (SSSR count). The van der Waals surface area contributed by atoms with Gasteiger partial charge in [0.2, 0.25) is 0 Å². The summed E-state index contributed by atoms with van der Waals surface area (Å²) in [7, 11) is 0. The Hall–Kier alpha value is -1.43. The summed E-state index contributed by atoms with van der Waals surface area (Å²) in [6.07, 6.45) is 1.53. The summed E-state index contributed by atoms with van der Waals surface area (Å²) in [5, 5.41) is 7.36. The Labute approximate surface area is 120 Å².